The lowest BCUT2D eigenvalue weighted by Gasteiger charge is -2.34. The van der Waals surface area contributed by atoms with Crippen LogP contribution < -0.4 is 4.90 Å². The molecule has 0 aliphatic heterocycles. The second kappa shape index (κ2) is 14.1. The second-order valence-electron chi connectivity index (χ2n) is 16.0. The SMILES string of the molecule is c1ccc(C2(c3ccccc3)c3ccccc3-c3c(N(c4ccc(-c5cccc6oc7ccccc7c56)cc4)c4cccc(-c5cccc6ccccc56)c4)cccc32)cc1. The van der Waals surface area contributed by atoms with E-state index in [1.165, 1.54) is 55.3 Å². The minimum atomic E-state index is -0.517. The molecule has 0 atom stereocenters. The monoisotopic (exact) mass is 777 g/mol. The summed E-state index contributed by atoms with van der Waals surface area (Å²) >= 11 is 0. The van der Waals surface area contributed by atoms with Crippen molar-refractivity contribution in [3.63, 3.8) is 0 Å². The van der Waals surface area contributed by atoms with Crippen molar-refractivity contribution < 1.29 is 4.42 Å². The Kier molecular flexibility index (Phi) is 8.11. The Bertz CT molecular complexity index is 3370. The first-order valence-corrected chi connectivity index (χ1v) is 21.0. The van der Waals surface area contributed by atoms with E-state index in [0.29, 0.717) is 0 Å². The van der Waals surface area contributed by atoms with E-state index < -0.39 is 5.41 Å². The van der Waals surface area contributed by atoms with Crippen LogP contribution in [-0.4, -0.2) is 0 Å². The van der Waals surface area contributed by atoms with E-state index in [1.807, 2.05) is 12.1 Å². The standard InChI is InChI=1S/C59H39NO/c1-3-20-43(21-4-1)59(44-22-5-2-6-23-44)52-30-11-9-26-50(52)58-53(59)31-16-32-54(58)60(46-24-13-19-42(39-46)48-28-14-18-40-17-7-8-25-47(40)48)45-37-35-41(36-38-45)49-29-15-34-56-57(49)51-27-10-12-33-55(51)61-56/h1-39H. The normalized spacial score (nSPS) is 12.7. The lowest BCUT2D eigenvalue weighted by molar-refractivity contribution is 0.669. The summed E-state index contributed by atoms with van der Waals surface area (Å²) in [4.78, 5) is 2.47. The van der Waals surface area contributed by atoms with Gasteiger partial charge in [-0.05, 0) is 103 Å². The molecule has 0 saturated carbocycles. The number of furan rings is 1. The first-order chi connectivity index (χ1) is 30.3. The fourth-order valence-corrected chi connectivity index (χ4v) is 10.2. The zero-order valence-electron chi connectivity index (χ0n) is 33.4. The van der Waals surface area contributed by atoms with Crippen molar-refractivity contribution >= 4 is 49.8 Å². The number of anilines is 3. The molecule has 1 heterocycles. The number of fused-ring (bicyclic) bond motifs is 7. The maximum atomic E-state index is 6.31. The first-order valence-electron chi connectivity index (χ1n) is 21.0. The maximum absolute atomic E-state index is 6.31. The molecule has 2 nitrogen and oxygen atoms in total. The van der Waals surface area contributed by atoms with Crippen LogP contribution in [0.5, 0.6) is 0 Å². The predicted octanol–water partition coefficient (Wildman–Crippen LogP) is 15.9. The first kappa shape index (κ1) is 35.0. The molecule has 12 rings (SSSR count). The zero-order valence-corrected chi connectivity index (χ0v) is 33.4. The summed E-state index contributed by atoms with van der Waals surface area (Å²) in [5.41, 5.74) is 16.8. The zero-order chi connectivity index (χ0) is 40.3. The summed E-state index contributed by atoms with van der Waals surface area (Å²) < 4.78 is 6.31. The molecule has 0 unspecified atom stereocenters. The largest absolute Gasteiger partial charge is 0.456 e. The van der Waals surface area contributed by atoms with Crippen molar-refractivity contribution in [2.24, 2.45) is 0 Å². The van der Waals surface area contributed by atoms with Crippen molar-refractivity contribution in [2.45, 2.75) is 5.41 Å². The quantitative estimate of drug-likeness (QED) is 0.160. The predicted molar refractivity (Wildman–Crippen MR) is 254 cm³/mol. The highest BCUT2D eigenvalue weighted by molar-refractivity contribution is 6.12. The topological polar surface area (TPSA) is 16.4 Å². The minimum absolute atomic E-state index is 0.517. The van der Waals surface area contributed by atoms with E-state index in [9.17, 15) is 0 Å². The minimum Gasteiger partial charge on any atom is -0.456 e. The molecule has 0 fully saturated rings. The average molecular weight is 778 g/mol. The van der Waals surface area contributed by atoms with Gasteiger partial charge in [-0.2, -0.15) is 0 Å². The van der Waals surface area contributed by atoms with Crippen LogP contribution in [0.3, 0.4) is 0 Å². The Labute approximate surface area is 355 Å². The molecule has 61 heavy (non-hydrogen) atoms. The Hall–Kier alpha value is -7.94. The third-order valence-electron chi connectivity index (χ3n) is 12.7. The van der Waals surface area contributed by atoms with E-state index in [0.717, 1.165) is 50.1 Å². The molecular weight excluding hydrogens is 739 g/mol. The third-order valence-corrected chi connectivity index (χ3v) is 12.7. The van der Waals surface area contributed by atoms with Crippen LogP contribution in [0.4, 0.5) is 17.1 Å². The Balaban J connectivity index is 1.10. The van der Waals surface area contributed by atoms with Gasteiger partial charge in [0, 0.05) is 27.7 Å². The number of rotatable bonds is 7. The summed E-state index contributed by atoms with van der Waals surface area (Å²) in [7, 11) is 0. The van der Waals surface area contributed by atoms with Gasteiger partial charge in [-0.3, -0.25) is 0 Å². The van der Waals surface area contributed by atoms with Crippen LogP contribution in [0.1, 0.15) is 22.3 Å². The van der Waals surface area contributed by atoms with Gasteiger partial charge in [-0.1, -0.05) is 194 Å². The highest BCUT2D eigenvalue weighted by atomic mass is 16.3. The second-order valence-corrected chi connectivity index (χ2v) is 16.0. The van der Waals surface area contributed by atoms with Gasteiger partial charge in [0.25, 0.3) is 0 Å². The molecular formula is C59H39NO. The number of benzene rings is 10. The van der Waals surface area contributed by atoms with Gasteiger partial charge in [-0.25, -0.2) is 0 Å². The highest BCUT2D eigenvalue weighted by Crippen LogP contribution is 2.59. The number of nitrogens with zero attached hydrogens (tertiary/aromatic N) is 1. The fourth-order valence-electron chi connectivity index (χ4n) is 10.2. The van der Waals surface area contributed by atoms with Gasteiger partial charge in [-0.15, -0.1) is 0 Å². The van der Waals surface area contributed by atoms with Crippen LogP contribution in [-0.2, 0) is 5.41 Å². The van der Waals surface area contributed by atoms with E-state index in [2.05, 4.69) is 229 Å². The number of hydrogen-bond donors (Lipinski definition) is 0. The van der Waals surface area contributed by atoms with Gasteiger partial charge in [0.1, 0.15) is 11.2 Å². The van der Waals surface area contributed by atoms with Gasteiger partial charge in [0.2, 0.25) is 0 Å². The molecule has 0 saturated heterocycles. The smallest absolute Gasteiger partial charge is 0.136 e. The van der Waals surface area contributed by atoms with Crippen molar-refractivity contribution in [3.05, 3.63) is 259 Å². The van der Waals surface area contributed by atoms with Gasteiger partial charge in [0.05, 0.1) is 11.1 Å². The van der Waals surface area contributed by atoms with Gasteiger partial charge in [0.15, 0.2) is 0 Å². The number of hydrogen-bond acceptors (Lipinski definition) is 2. The molecule has 1 aliphatic rings. The van der Waals surface area contributed by atoms with Gasteiger partial charge >= 0.3 is 0 Å². The van der Waals surface area contributed by atoms with Crippen molar-refractivity contribution in [1.82, 2.24) is 0 Å². The van der Waals surface area contributed by atoms with E-state index in [-0.39, 0.29) is 0 Å². The lowest BCUT2D eigenvalue weighted by Crippen LogP contribution is -2.28. The lowest BCUT2D eigenvalue weighted by atomic mass is 9.68. The Morgan fingerprint density at radius 3 is 1.77 bits per heavy atom. The van der Waals surface area contributed by atoms with Crippen molar-refractivity contribution in [1.29, 1.82) is 0 Å². The van der Waals surface area contributed by atoms with E-state index in [4.69, 9.17) is 4.42 Å². The molecule has 0 bridgehead atoms. The van der Waals surface area contributed by atoms with Crippen LogP contribution in [0.15, 0.2) is 241 Å². The Morgan fingerprint density at radius 1 is 0.361 bits per heavy atom. The molecule has 10 aromatic carbocycles. The Morgan fingerprint density at radius 2 is 0.951 bits per heavy atom. The van der Waals surface area contributed by atoms with Crippen molar-refractivity contribution in [3.8, 4) is 33.4 Å². The summed E-state index contributed by atoms with van der Waals surface area (Å²) in [6, 6.07) is 86.1. The summed E-state index contributed by atoms with van der Waals surface area (Å²) in [5, 5.41) is 4.74. The average Bonchev–Trinajstić information content (AvgIpc) is 3.87. The summed E-state index contributed by atoms with van der Waals surface area (Å²) in [5.74, 6) is 0. The highest BCUT2D eigenvalue weighted by Gasteiger charge is 2.47. The molecule has 0 N–H and O–H groups in total. The summed E-state index contributed by atoms with van der Waals surface area (Å²) in [6.45, 7) is 0. The van der Waals surface area contributed by atoms with Crippen LogP contribution in [0.2, 0.25) is 0 Å². The molecule has 0 radical (unpaired) electrons. The van der Waals surface area contributed by atoms with Gasteiger partial charge < -0.3 is 9.32 Å². The van der Waals surface area contributed by atoms with Crippen LogP contribution >= 0.6 is 0 Å². The van der Waals surface area contributed by atoms with E-state index in [1.54, 1.807) is 0 Å². The molecule has 1 aromatic heterocycles. The molecule has 286 valence electrons. The molecule has 1 aliphatic carbocycles. The molecule has 0 amide bonds. The third kappa shape index (κ3) is 5.43. The maximum Gasteiger partial charge on any atom is 0.136 e. The van der Waals surface area contributed by atoms with Crippen LogP contribution in [0.25, 0.3) is 66.1 Å². The molecule has 11 aromatic rings. The summed E-state index contributed by atoms with van der Waals surface area (Å²) in [6.07, 6.45) is 0. The molecule has 0 spiro atoms. The van der Waals surface area contributed by atoms with Crippen molar-refractivity contribution in [2.75, 3.05) is 4.90 Å². The number of para-hydroxylation sites is 1. The van der Waals surface area contributed by atoms with Crippen LogP contribution in [0, 0.1) is 0 Å². The fraction of sp³-hybridized carbons (Fsp3) is 0.0169. The molecule has 2 heteroatoms. The van der Waals surface area contributed by atoms with E-state index >= 15 is 0 Å².